The quantitative estimate of drug-likeness (QED) is 0.867. The second-order valence-corrected chi connectivity index (χ2v) is 4.70. The Morgan fingerprint density at radius 1 is 1.24 bits per heavy atom. The van der Waals surface area contributed by atoms with E-state index in [1.54, 1.807) is 12.1 Å². The molecule has 2 rings (SSSR count). The minimum absolute atomic E-state index is 0.343. The predicted octanol–water partition coefficient (Wildman–Crippen LogP) is 2.05. The number of hydrogen-bond donors (Lipinski definition) is 1. The van der Waals surface area contributed by atoms with E-state index in [1.807, 2.05) is 12.1 Å². The van der Waals surface area contributed by atoms with Gasteiger partial charge in [0, 0.05) is 19.1 Å². The molecule has 94 valence electrons. The fraction of sp³-hybridized carbons (Fsp3) is 0.571. The van der Waals surface area contributed by atoms with E-state index >= 15 is 0 Å². The molecule has 3 nitrogen and oxygen atoms in total. The summed E-state index contributed by atoms with van der Waals surface area (Å²) in [6.45, 7) is 6.12. The van der Waals surface area contributed by atoms with Crippen molar-refractivity contribution in [3.05, 3.63) is 29.8 Å². The highest BCUT2D eigenvalue weighted by Crippen LogP contribution is 2.14. The molecule has 0 saturated carbocycles. The molecule has 0 unspecified atom stereocenters. The van der Waals surface area contributed by atoms with E-state index in [4.69, 9.17) is 4.74 Å². The molecule has 0 aliphatic carbocycles. The molecular weight excluding hydrogens is 214 g/mol. The van der Waals surface area contributed by atoms with Gasteiger partial charge in [0.25, 0.3) is 0 Å². The third-order valence-corrected chi connectivity index (χ3v) is 3.46. The maximum Gasteiger partial charge on any atom is 0.115 e. The number of aryl methyl sites for hydroxylation is 1. The van der Waals surface area contributed by atoms with Gasteiger partial charge in [-0.05, 0) is 37.5 Å². The number of ether oxygens (including phenoxy) is 1. The Kier molecular flexibility index (Phi) is 4.40. The van der Waals surface area contributed by atoms with Crippen molar-refractivity contribution < 1.29 is 9.84 Å². The van der Waals surface area contributed by atoms with Crippen LogP contribution in [0.2, 0.25) is 0 Å². The molecule has 1 fully saturated rings. The maximum atomic E-state index is 9.22. The van der Waals surface area contributed by atoms with E-state index in [0.717, 1.165) is 39.1 Å². The molecule has 3 heteroatoms. The number of phenolic OH excluding ortho intramolecular Hbond substituents is 1. The van der Waals surface area contributed by atoms with Gasteiger partial charge in [-0.15, -0.1) is 0 Å². The SMILES string of the molecule is C[C@@H](CCc1ccc(O)cc1)N1CCOCC1. The zero-order valence-electron chi connectivity index (χ0n) is 10.4. The summed E-state index contributed by atoms with van der Waals surface area (Å²) in [5.74, 6) is 0.343. The second kappa shape index (κ2) is 6.03. The van der Waals surface area contributed by atoms with Crippen LogP contribution in [0.1, 0.15) is 18.9 Å². The number of phenols is 1. The fourth-order valence-electron chi connectivity index (χ4n) is 2.24. The lowest BCUT2D eigenvalue weighted by Gasteiger charge is -2.32. The standard InChI is InChI=1S/C14H21NO2/c1-12(15-8-10-17-11-9-15)2-3-13-4-6-14(16)7-5-13/h4-7,12,16H,2-3,8-11H2,1H3/t12-/m0/s1. The van der Waals surface area contributed by atoms with Gasteiger partial charge in [0.2, 0.25) is 0 Å². The average molecular weight is 235 g/mol. The van der Waals surface area contributed by atoms with Crippen LogP contribution in [0.25, 0.3) is 0 Å². The van der Waals surface area contributed by atoms with Crippen molar-refractivity contribution in [2.24, 2.45) is 0 Å². The van der Waals surface area contributed by atoms with Crippen LogP contribution in [0.4, 0.5) is 0 Å². The summed E-state index contributed by atoms with van der Waals surface area (Å²) in [5.41, 5.74) is 1.29. The van der Waals surface area contributed by atoms with Gasteiger partial charge < -0.3 is 9.84 Å². The molecule has 1 aliphatic heterocycles. The first-order valence-corrected chi connectivity index (χ1v) is 6.35. The summed E-state index contributed by atoms with van der Waals surface area (Å²) < 4.78 is 5.36. The Hall–Kier alpha value is -1.06. The molecule has 1 aliphatic rings. The van der Waals surface area contributed by atoms with E-state index in [0.29, 0.717) is 11.8 Å². The summed E-state index contributed by atoms with van der Waals surface area (Å²) in [6, 6.07) is 8.12. The molecule has 0 radical (unpaired) electrons. The van der Waals surface area contributed by atoms with Crippen molar-refractivity contribution in [1.29, 1.82) is 0 Å². The van der Waals surface area contributed by atoms with E-state index < -0.39 is 0 Å². The summed E-state index contributed by atoms with van der Waals surface area (Å²) >= 11 is 0. The van der Waals surface area contributed by atoms with Crippen molar-refractivity contribution in [1.82, 2.24) is 4.90 Å². The van der Waals surface area contributed by atoms with Crippen LogP contribution in [-0.2, 0) is 11.2 Å². The topological polar surface area (TPSA) is 32.7 Å². The van der Waals surface area contributed by atoms with Crippen molar-refractivity contribution in [2.75, 3.05) is 26.3 Å². The highest BCUT2D eigenvalue weighted by Gasteiger charge is 2.16. The van der Waals surface area contributed by atoms with Gasteiger partial charge in [0.05, 0.1) is 13.2 Å². The molecule has 0 amide bonds. The van der Waals surface area contributed by atoms with Crippen LogP contribution < -0.4 is 0 Å². The molecule has 0 bridgehead atoms. The molecule has 0 aromatic heterocycles. The molecule has 0 spiro atoms. The molecule has 17 heavy (non-hydrogen) atoms. The largest absolute Gasteiger partial charge is 0.508 e. The van der Waals surface area contributed by atoms with Gasteiger partial charge >= 0.3 is 0 Å². The number of morpholine rings is 1. The molecule has 1 atom stereocenters. The van der Waals surface area contributed by atoms with Gasteiger partial charge in [-0.2, -0.15) is 0 Å². The van der Waals surface area contributed by atoms with E-state index in [-0.39, 0.29) is 0 Å². The van der Waals surface area contributed by atoms with Crippen LogP contribution in [0.3, 0.4) is 0 Å². The van der Waals surface area contributed by atoms with Crippen LogP contribution >= 0.6 is 0 Å². The highest BCUT2D eigenvalue weighted by atomic mass is 16.5. The summed E-state index contributed by atoms with van der Waals surface area (Å²) in [6.07, 6.45) is 2.23. The van der Waals surface area contributed by atoms with Crippen molar-refractivity contribution in [3.8, 4) is 5.75 Å². The van der Waals surface area contributed by atoms with E-state index in [2.05, 4.69) is 11.8 Å². The van der Waals surface area contributed by atoms with Crippen LogP contribution in [0, 0.1) is 0 Å². The monoisotopic (exact) mass is 235 g/mol. The zero-order valence-corrected chi connectivity index (χ0v) is 10.4. The van der Waals surface area contributed by atoms with E-state index in [1.165, 1.54) is 5.56 Å². The molecule has 1 heterocycles. The van der Waals surface area contributed by atoms with Crippen molar-refractivity contribution in [2.45, 2.75) is 25.8 Å². The van der Waals surface area contributed by atoms with Crippen LogP contribution in [-0.4, -0.2) is 42.4 Å². The molecule has 1 aromatic carbocycles. The lowest BCUT2D eigenvalue weighted by molar-refractivity contribution is 0.0187. The maximum absolute atomic E-state index is 9.22. The normalized spacial score (nSPS) is 19.1. The van der Waals surface area contributed by atoms with Gasteiger partial charge in [-0.25, -0.2) is 0 Å². The average Bonchev–Trinajstić information content (AvgIpc) is 2.39. The third kappa shape index (κ3) is 3.72. The summed E-state index contributed by atoms with van der Waals surface area (Å²) in [5, 5.41) is 9.22. The first kappa shape index (κ1) is 12.4. The third-order valence-electron chi connectivity index (χ3n) is 3.46. The lowest BCUT2D eigenvalue weighted by Crippen LogP contribution is -2.42. The minimum atomic E-state index is 0.343. The first-order chi connectivity index (χ1) is 8.25. The minimum Gasteiger partial charge on any atom is -0.508 e. The number of benzene rings is 1. The Bertz CT molecular complexity index is 331. The predicted molar refractivity (Wildman–Crippen MR) is 68.3 cm³/mol. The summed E-state index contributed by atoms with van der Waals surface area (Å²) in [4.78, 5) is 2.49. The lowest BCUT2D eigenvalue weighted by atomic mass is 10.0. The van der Waals surface area contributed by atoms with Crippen LogP contribution in [0.15, 0.2) is 24.3 Å². The Balaban J connectivity index is 1.78. The Labute approximate surface area is 103 Å². The smallest absolute Gasteiger partial charge is 0.115 e. The van der Waals surface area contributed by atoms with Gasteiger partial charge in [0.15, 0.2) is 0 Å². The van der Waals surface area contributed by atoms with Crippen molar-refractivity contribution >= 4 is 0 Å². The zero-order chi connectivity index (χ0) is 12.1. The molecule has 1 saturated heterocycles. The number of nitrogens with zero attached hydrogens (tertiary/aromatic N) is 1. The first-order valence-electron chi connectivity index (χ1n) is 6.35. The van der Waals surface area contributed by atoms with E-state index in [9.17, 15) is 5.11 Å². The summed E-state index contributed by atoms with van der Waals surface area (Å²) in [7, 11) is 0. The number of rotatable bonds is 4. The van der Waals surface area contributed by atoms with Crippen LogP contribution in [0.5, 0.6) is 5.75 Å². The Morgan fingerprint density at radius 2 is 1.88 bits per heavy atom. The fourth-order valence-corrected chi connectivity index (χ4v) is 2.24. The highest BCUT2D eigenvalue weighted by molar-refractivity contribution is 5.25. The number of hydrogen-bond acceptors (Lipinski definition) is 3. The second-order valence-electron chi connectivity index (χ2n) is 4.70. The molecule has 1 aromatic rings. The van der Waals surface area contributed by atoms with Gasteiger partial charge in [0.1, 0.15) is 5.75 Å². The molecule has 1 N–H and O–H groups in total. The number of aromatic hydroxyl groups is 1. The van der Waals surface area contributed by atoms with Gasteiger partial charge in [-0.3, -0.25) is 4.90 Å². The molecular formula is C14H21NO2. The Morgan fingerprint density at radius 3 is 2.53 bits per heavy atom. The van der Waals surface area contributed by atoms with Crippen molar-refractivity contribution in [3.63, 3.8) is 0 Å². The van der Waals surface area contributed by atoms with Gasteiger partial charge in [-0.1, -0.05) is 12.1 Å².